The Morgan fingerprint density at radius 1 is 1.33 bits per heavy atom. The van der Waals surface area contributed by atoms with Gasteiger partial charge in [-0.1, -0.05) is 35.0 Å². The first-order valence-electron chi connectivity index (χ1n) is 3.98. The molecular formula is C10H13NO. The molecule has 0 N–H and O–H groups in total. The van der Waals surface area contributed by atoms with E-state index in [0.29, 0.717) is 6.61 Å². The van der Waals surface area contributed by atoms with Gasteiger partial charge in [0.1, 0.15) is 6.61 Å². The monoisotopic (exact) mass is 163 g/mol. The van der Waals surface area contributed by atoms with Gasteiger partial charge in [-0.25, -0.2) is 0 Å². The SMILES string of the molecule is C/C=N/OCc1ccc(C)cc1. The molecule has 12 heavy (non-hydrogen) atoms. The molecule has 2 heteroatoms. The third-order valence-corrected chi connectivity index (χ3v) is 1.53. The molecule has 0 unspecified atom stereocenters. The Morgan fingerprint density at radius 2 is 2.00 bits per heavy atom. The molecule has 0 aliphatic carbocycles. The maximum Gasteiger partial charge on any atom is 0.142 e. The van der Waals surface area contributed by atoms with E-state index < -0.39 is 0 Å². The molecule has 1 aromatic carbocycles. The van der Waals surface area contributed by atoms with Crippen LogP contribution in [0.1, 0.15) is 18.1 Å². The molecule has 0 fully saturated rings. The fourth-order valence-corrected chi connectivity index (χ4v) is 0.871. The van der Waals surface area contributed by atoms with Gasteiger partial charge in [-0.3, -0.25) is 0 Å². The van der Waals surface area contributed by atoms with E-state index in [4.69, 9.17) is 4.84 Å². The van der Waals surface area contributed by atoms with Crippen molar-refractivity contribution in [2.24, 2.45) is 5.16 Å². The van der Waals surface area contributed by atoms with Crippen LogP contribution in [-0.2, 0) is 11.4 Å². The average molecular weight is 163 g/mol. The van der Waals surface area contributed by atoms with Gasteiger partial charge in [0.25, 0.3) is 0 Å². The van der Waals surface area contributed by atoms with Crippen molar-refractivity contribution in [3.8, 4) is 0 Å². The molecule has 0 amide bonds. The summed E-state index contributed by atoms with van der Waals surface area (Å²) in [7, 11) is 0. The molecule has 1 rings (SSSR count). The van der Waals surface area contributed by atoms with Gasteiger partial charge in [0.2, 0.25) is 0 Å². The Hall–Kier alpha value is -1.31. The molecule has 0 aromatic heterocycles. The van der Waals surface area contributed by atoms with Gasteiger partial charge < -0.3 is 4.84 Å². The van der Waals surface area contributed by atoms with Crippen LogP contribution in [0, 0.1) is 6.92 Å². The minimum Gasteiger partial charge on any atom is -0.391 e. The van der Waals surface area contributed by atoms with Crippen molar-refractivity contribution in [3.63, 3.8) is 0 Å². The van der Waals surface area contributed by atoms with Crippen LogP contribution in [0.2, 0.25) is 0 Å². The quantitative estimate of drug-likeness (QED) is 0.495. The summed E-state index contributed by atoms with van der Waals surface area (Å²) in [6.45, 7) is 4.44. The van der Waals surface area contributed by atoms with Crippen LogP contribution < -0.4 is 0 Å². The van der Waals surface area contributed by atoms with E-state index in [1.165, 1.54) is 5.56 Å². The maximum absolute atomic E-state index is 4.98. The van der Waals surface area contributed by atoms with E-state index in [-0.39, 0.29) is 0 Å². The number of hydrogen-bond donors (Lipinski definition) is 0. The van der Waals surface area contributed by atoms with E-state index in [2.05, 4.69) is 24.2 Å². The van der Waals surface area contributed by atoms with E-state index in [1.807, 2.05) is 19.1 Å². The second kappa shape index (κ2) is 4.54. The summed E-state index contributed by atoms with van der Waals surface area (Å²) >= 11 is 0. The van der Waals surface area contributed by atoms with Crippen molar-refractivity contribution in [1.29, 1.82) is 0 Å². The van der Waals surface area contributed by atoms with Crippen molar-refractivity contribution in [1.82, 2.24) is 0 Å². The Kier molecular flexibility index (Phi) is 3.33. The number of oxime groups is 1. The molecule has 0 aliphatic rings. The van der Waals surface area contributed by atoms with Gasteiger partial charge in [-0.05, 0) is 19.4 Å². The number of hydrogen-bond acceptors (Lipinski definition) is 2. The van der Waals surface area contributed by atoms with Crippen LogP contribution in [0.15, 0.2) is 29.4 Å². The summed E-state index contributed by atoms with van der Waals surface area (Å²) in [5.41, 5.74) is 2.41. The highest BCUT2D eigenvalue weighted by molar-refractivity contribution is 5.52. The largest absolute Gasteiger partial charge is 0.391 e. The molecule has 0 atom stereocenters. The number of benzene rings is 1. The number of aryl methyl sites for hydroxylation is 1. The lowest BCUT2D eigenvalue weighted by Gasteiger charge is -1.99. The smallest absolute Gasteiger partial charge is 0.142 e. The molecule has 0 aliphatic heterocycles. The number of rotatable bonds is 3. The van der Waals surface area contributed by atoms with E-state index in [1.54, 1.807) is 6.21 Å². The van der Waals surface area contributed by atoms with Gasteiger partial charge >= 0.3 is 0 Å². The average Bonchev–Trinajstić information content (AvgIpc) is 2.09. The van der Waals surface area contributed by atoms with E-state index >= 15 is 0 Å². The summed E-state index contributed by atoms with van der Waals surface area (Å²) < 4.78 is 0. The molecule has 0 radical (unpaired) electrons. The lowest BCUT2D eigenvalue weighted by Crippen LogP contribution is -1.86. The van der Waals surface area contributed by atoms with Crippen LogP contribution in [-0.4, -0.2) is 6.21 Å². The Labute approximate surface area is 72.9 Å². The first-order chi connectivity index (χ1) is 5.83. The standard InChI is InChI=1S/C10H13NO/c1-3-11-12-8-10-6-4-9(2)5-7-10/h3-7H,8H2,1-2H3/b11-3+. The third kappa shape index (κ3) is 2.74. The summed E-state index contributed by atoms with van der Waals surface area (Å²) in [5, 5.41) is 3.66. The highest BCUT2D eigenvalue weighted by Gasteiger charge is 1.90. The summed E-state index contributed by atoms with van der Waals surface area (Å²) in [6.07, 6.45) is 1.63. The maximum atomic E-state index is 4.98. The Bertz CT molecular complexity index is 251. The fraction of sp³-hybridized carbons (Fsp3) is 0.300. The van der Waals surface area contributed by atoms with Gasteiger partial charge in [-0.15, -0.1) is 0 Å². The van der Waals surface area contributed by atoms with Gasteiger partial charge in [0, 0.05) is 6.21 Å². The predicted octanol–water partition coefficient (Wildman–Crippen LogP) is 2.52. The van der Waals surface area contributed by atoms with E-state index in [9.17, 15) is 0 Å². The van der Waals surface area contributed by atoms with Crippen molar-refractivity contribution < 1.29 is 4.84 Å². The topological polar surface area (TPSA) is 21.6 Å². The zero-order valence-electron chi connectivity index (χ0n) is 7.45. The highest BCUT2D eigenvalue weighted by Crippen LogP contribution is 2.04. The molecule has 1 aromatic rings. The Morgan fingerprint density at radius 3 is 2.58 bits per heavy atom. The van der Waals surface area contributed by atoms with Crippen molar-refractivity contribution in [2.75, 3.05) is 0 Å². The second-order valence-corrected chi connectivity index (χ2v) is 2.62. The minimum atomic E-state index is 0.546. The molecule has 0 bridgehead atoms. The van der Waals surface area contributed by atoms with E-state index in [0.717, 1.165) is 5.56 Å². The van der Waals surface area contributed by atoms with Gasteiger partial charge in [0.05, 0.1) is 0 Å². The summed E-state index contributed by atoms with van der Waals surface area (Å²) in [4.78, 5) is 4.98. The molecule has 0 saturated carbocycles. The highest BCUT2D eigenvalue weighted by atomic mass is 16.6. The zero-order valence-corrected chi connectivity index (χ0v) is 7.45. The first-order valence-corrected chi connectivity index (χ1v) is 3.98. The molecule has 2 nitrogen and oxygen atoms in total. The molecule has 0 saturated heterocycles. The van der Waals surface area contributed by atoms with Crippen LogP contribution in [0.3, 0.4) is 0 Å². The van der Waals surface area contributed by atoms with Crippen LogP contribution >= 0.6 is 0 Å². The van der Waals surface area contributed by atoms with Crippen molar-refractivity contribution in [3.05, 3.63) is 35.4 Å². The molecule has 0 spiro atoms. The Balaban J connectivity index is 2.47. The molecule has 0 heterocycles. The van der Waals surface area contributed by atoms with Crippen molar-refractivity contribution >= 4 is 6.21 Å². The van der Waals surface area contributed by atoms with Gasteiger partial charge in [0.15, 0.2) is 0 Å². The van der Waals surface area contributed by atoms with Crippen LogP contribution in [0.25, 0.3) is 0 Å². The minimum absolute atomic E-state index is 0.546. The van der Waals surface area contributed by atoms with Gasteiger partial charge in [-0.2, -0.15) is 0 Å². The first kappa shape index (κ1) is 8.78. The second-order valence-electron chi connectivity index (χ2n) is 2.62. The van der Waals surface area contributed by atoms with Crippen LogP contribution in [0.4, 0.5) is 0 Å². The normalized spacial score (nSPS) is 10.5. The lowest BCUT2D eigenvalue weighted by atomic mass is 10.2. The predicted molar refractivity (Wildman–Crippen MR) is 50.1 cm³/mol. The molecule has 64 valence electrons. The van der Waals surface area contributed by atoms with Crippen molar-refractivity contribution in [2.45, 2.75) is 20.5 Å². The summed E-state index contributed by atoms with van der Waals surface area (Å²) in [6, 6.07) is 8.21. The molecular weight excluding hydrogens is 150 g/mol. The summed E-state index contributed by atoms with van der Waals surface area (Å²) in [5.74, 6) is 0. The number of nitrogens with zero attached hydrogens (tertiary/aromatic N) is 1. The van der Waals surface area contributed by atoms with Crippen LogP contribution in [0.5, 0.6) is 0 Å². The zero-order chi connectivity index (χ0) is 8.81. The lowest BCUT2D eigenvalue weighted by molar-refractivity contribution is 0.132. The fourth-order valence-electron chi connectivity index (χ4n) is 0.871. The third-order valence-electron chi connectivity index (χ3n) is 1.53.